The van der Waals surface area contributed by atoms with Crippen molar-refractivity contribution in [3.63, 3.8) is 0 Å². The zero-order valence-corrected chi connectivity index (χ0v) is 22.1. The molecule has 0 aliphatic rings. The Balaban J connectivity index is 1.53. The first-order valence-electron chi connectivity index (χ1n) is 12.8. The lowest BCUT2D eigenvalue weighted by Crippen LogP contribution is -2.26. The highest BCUT2D eigenvalue weighted by atomic mass is 16.5. The van der Waals surface area contributed by atoms with E-state index in [0.717, 1.165) is 47.3 Å². The average molecular weight is 524 g/mol. The lowest BCUT2D eigenvalue weighted by Gasteiger charge is -2.12. The highest BCUT2D eigenvalue weighted by Crippen LogP contribution is 2.30. The summed E-state index contributed by atoms with van der Waals surface area (Å²) in [5, 5.41) is 14.2. The first-order chi connectivity index (χ1) is 19.0. The van der Waals surface area contributed by atoms with Crippen molar-refractivity contribution in [3.05, 3.63) is 94.4 Å². The van der Waals surface area contributed by atoms with Gasteiger partial charge in [0.05, 0.1) is 19.3 Å². The molecule has 5 rings (SSSR count). The van der Waals surface area contributed by atoms with Gasteiger partial charge in [0.1, 0.15) is 11.4 Å². The van der Waals surface area contributed by atoms with Crippen molar-refractivity contribution >= 4 is 5.78 Å². The number of Topliss-reactive ketones (excluding diaryl/α,β-unsaturated/α-hetero) is 1. The minimum absolute atomic E-state index is 0.141. The van der Waals surface area contributed by atoms with Gasteiger partial charge in [-0.1, -0.05) is 49.7 Å². The molecule has 0 atom stereocenters. The van der Waals surface area contributed by atoms with Crippen molar-refractivity contribution in [1.82, 2.24) is 34.7 Å². The number of ketones is 1. The topological polar surface area (TPSA) is 121 Å². The molecule has 0 aliphatic heterocycles. The van der Waals surface area contributed by atoms with Gasteiger partial charge in [-0.05, 0) is 54.0 Å². The maximum absolute atomic E-state index is 13.8. The number of imidazole rings is 1. The van der Waals surface area contributed by atoms with E-state index in [4.69, 9.17) is 4.74 Å². The van der Waals surface area contributed by atoms with Crippen LogP contribution in [0.3, 0.4) is 0 Å². The lowest BCUT2D eigenvalue weighted by molar-refractivity contribution is 0.101. The van der Waals surface area contributed by atoms with Crippen LogP contribution in [0.1, 0.15) is 48.4 Å². The van der Waals surface area contributed by atoms with Crippen LogP contribution in [0.25, 0.3) is 28.2 Å². The molecule has 0 fully saturated rings. The van der Waals surface area contributed by atoms with Gasteiger partial charge in [0, 0.05) is 34.8 Å². The fraction of sp³-hybridized carbons (Fsp3) is 0.241. The Morgan fingerprint density at radius 3 is 2.54 bits per heavy atom. The summed E-state index contributed by atoms with van der Waals surface area (Å²) < 4.78 is 8.79. The number of rotatable bonds is 10. The molecule has 0 bridgehead atoms. The van der Waals surface area contributed by atoms with Crippen molar-refractivity contribution in [1.29, 1.82) is 0 Å². The number of para-hydroxylation sites is 1. The van der Waals surface area contributed by atoms with Crippen LogP contribution >= 0.6 is 0 Å². The minimum atomic E-state index is -0.248. The number of tetrazole rings is 1. The second-order valence-electron chi connectivity index (χ2n) is 9.21. The van der Waals surface area contributed by atoms with Gasteiger partial charge < -0.3 is 4.74 Å². The van der Waals surface area contributed by atoms with Gasteiger partial charge in [0.15, 0.2) is 11.6 Å². The molecular weight excluding hydrogens is 494 g/mol. The molecule has 0 radical (unpaired) electrons. The Morgan fingerprint density at radius 2 is 1.87 bits per heavy atom. The Morgan fingerprint density at radius 1 is 1.05 bits per heavy atom. The van der Waals surface area contributed by atoms with E-state index < -0.39 is 0 Å². The Bertz CT molecular complexity index is 1650. The number of nitrogens with zero attached hydrogens (tertiary/aromatic N) is 6. The van der Waals surface area contributed by atoms with Crippen LogP contribution in [0, 0.1) is 0 Å². The third kappa shape index (κ3) is 5.13. The zero-order valence-electron chi connectivity index (χ0n) is 22.1. The van der Waals surface area contributed by atoms with E-state index >= 15 is 0 Å². The Labute approximate surface area is 225 Å². The van der Waals surface area contributed by atoms with Crippen LogP contribution in [0.15, 0.2) is 71.8 Å². The van der Waals surface area contributed by atoms with E-state index in [2.05, 4.69) is 32.5 Å². The number of aryl methyl sites for hydroxylation is 1. The second kappa shape index (κ2) is 11.3. The molecule has 0 saturated heterocycles. The molecule has 198 valence electrons. The Kier molecular flexibility index (Phi) is 7.44. The molecule has 3 aromatic heterocycles. The van der Waals surface area contributed by atoms with Gasteiger partial charge in [-0.15, -0.1) is 5.10 Å². The van der Waals surface area contributed by atoms with Crippen LogP contribution in [0.2, 0.25) is 0 Å². The van der Waals surface area contributed by atoms with E-state index in [1.807, 2.05) is 42.6 Å². The van der Waals surface area contributed by atoms with Crippen LogP contribution < -0.4 is 10.4 Å². The lowest BCUT2D eigenvalue weighted by atomic mass is 10.0. The van der Waals surface area contributed by atoms with Crippen molar-refractivity contribution in [3.8, 4) is 34.0 Å². The summed E-state index contributed by atoms with van der Waals surface area (Å²) in [5.74, 6) is 0.897. The smallest absolute Gasteiger partial charge is 0.333 e. The zero-order chi connectivity index (χ0) is 27.4. The number of benzene rings is 2. The number of carbonyl (C=O) groups is 1. The number of hydrogen-bond donors (Lipinski definition) is 1. The fourth-order valence-corrected chi connectivity index (χ4v) is 4.69. The van der Waals surface area contributed by atoms with Crippen molar-refractivity contribution in [2.45, 2.75) is 39.7 Å². The highest BCUT2D eigenvalue weighted by molar-refractivity contribution is 5.98. The molecule has 0 amide bonds. The molecule has 3 heterocycles. The number of methoxy groups -OCH3 is 1. The summed E-state index contributed by atoms with van der Waals surface area (Å²) in [6, 6.07) is 16.9. The summed E-state index contributed by atoms with van der Waals surface area (Å²) >= 11 is 0. The van der Waals surface area contributed by atoms with Gasteiger partial charge >= 0.3 is 5.69 Å². The molecule has 0 aliphatic carbocycles. The predicted molar refractivity (Wildman–Crippen MR) is 147 cm³/mol. The predicted octanol–water partition coefficient (Wildman–Crippen LogP) is 4.48. The van der Waals surface area contributed by atoms with E-state index in [-0.39, 0.29) is 11.5 Å². The molecule has 10 nitrogen and oxygen atoms in total. The standard InChI is InChI=1S/C29H29N7O3/c1-4-5-9-22-18-36(27-23(19(2)37)12-8-13-26(27)39-3)29(38)35(22)17-21-15-14-20(16-30-21)24-10-6-7-11-25(24)28-31-33-34-32-28/h6-8,10-16,18H,4-5,9,17H2,1-3H3,(H,31,32,33,34). The van der Waals surface area contributed by atoms with Crippen LogP contribution in [-0.2, 0) is 13.0 Å². The number of aromatic nitrogens is 7. The van der Waals surface area contributed by atoms with Crippen molar-refractivity contribution < 1.29 is 9.53 Å². The number of unbranched alkanes of at least 4 members (excludes halogenated alkanes) is 1. The van der Waals surface area contributed by atoms with Crippen LogP contribution in [0.4, 0.5) is 0 Å². The number of ether oxygens (including phenoxy) is 1. The normalized spacial score (nSPS) is 11.1. The third-order valence-corrected chi connectivity index (χ3v) is 6.67. The van der Waals surface area contributed by atoms with Gasteiger partial charge in [-0.3, -0.25) is 18.9 Å². The number of aromatic amines is 1. The minimum Gasteiger partial charge on any atom is -0.495 e. The number of H-pyrrole nitrogens is 1. The molecule has 5 aromatic rings. The van der Waals surface area contributed by atoms with E-state index in [9.17, 15) is 9.59 Å². The van der Waals surface area contributed by atoms with Gasteiger partial charge in [-0.2, -0.15) is 0 Å². The molecule has 39 heavy (non-hydrogen) atoms. The number of carbonyl (C=O) groups excluding carboxylic acids is 1. The first kappa shape index (κ1) is 25.8. The largest absolute Gasteiger partial charge is 0.495 e. The first-order valence-corrected chi connectivity index (χ1v) is 12.8. The maximum Gasteiger partial charge on any atom is 0.333 e. The van der Waals surface area contributed by atoms with Gasteiger partial charge in [0.25, 0.3) is 0 Å². The van der Waals surface area contributed by atoms with Crippen LogP contribution in [-0.4, -0.2) is 47.6 Å². The second-order valence-corrected chi connectivity index (χ2v) is 9.21. The van der Waals surface area contributed by atoms with Gasteiger partial charge in [0.2, 0.25) is 0 Å². The third-order valence-electron chi connectivity index (χ3n) is 6.67. The summed E-state index contributed by atoms with van der Waals surface area (Å²) in [4.78, 5) is 30.9. The summed E-state index contributed by atoms with van der Waals surface area (Å²) in [5.41, 5.74) is 4.96. The summed E-state index contributed by atoms with van der Waals surface area (Å²) in [6.45, 7) is 3.89. The molecule has 1 N–H and O–H groups in total. The molecule has 0 unspecified atom stereocenters. The SMILES string of the molecule is CCCCc1cn(-c2c(OC)cccc2C(C)=O)c(=O)n1Cc1ccc(-c2ccccc2-c2nnn[nH]2)cn1. The quantitative estimate of drug-likeness (QED) is 0.268. The number of pyridine rings is 1. The van der Waals surface area contributed by atoms with E-state index in [0.29, 0.717) is 29.4 Å². The Hall–Kier alpha value is -4.86. The summed E-state index contributed by atoms with van der Waals surface area (Å²) in [7, 11) is 1.53. The fourth-order valence-electron chi connectivity index (χ4n) is 4.69. The molecule has 0 spiro atoms. The van der Waals surface area contributed by atoms with Crippen molar-refractivity contribution in [2.24, 2.45) is 0 Å². The van der Waals surface area contributed by atoms with E-state index in [1.165, 1.54) is 18.6 Å². The monoisotopic (exact) mass is 523 g/mol. The van der Waals surface area contributed by atoms with E-state index in [1.54, 1.807) is 29.0 Å². The molecular formula is C29H29N7O3. The van der Waals surface area contributed by atoms with Crippen LogP contribution in [0.5, 0.6) is 5.75 Å². The number of nitrogens with one attached hydrogen (secondary N) is 1. The molecule has 10 heteroatoms. The highest BCUT2D eigenvalue weighted by Gasteiger charge is 2.20. The van der Waals surface area contributed by atoms with Gasteiger partial charge in [-0.25, -0.2) is 9.89 Å². The maximum atomic E-state index is 13.8. The number of hydrogen-bond acceptors (Lipinski definition) is 7. The average Bonchev–Trinajstić information content (AvgIpc) is 3.61. The van der Waals surface area contributed by atoms with Crippen molar-refractivity contribution in [2.75, 3.05) is 7.11 Å². The molecule has 0 saturated carbocycles. The molecule has 2 aromatic carbocycles. The summed E-state index contributed by atoms with van der Waals surface area (Å²) in [6.07, 6.45) is 6.24.